The average Bonchev–Trinajstić information content (AvgIpc) is 3.78. The number of pyridine rings is 1. The lowest BCUT2D eigenvalue weighted by molar-refractivity contribution is 0.0995. The molecule has 11 heteroatoms. The van der Waals surface area contributed by atoms with Gasteiger partial charge in [0.15, 0.2) is 11.4 Å². The zero-order chi connectivity index (χ0) is 30.9. The van der Waals surface area contributed by atoms with Gasteiger partial charge in [-0.15, -0.1) is 11.3 Å². The minimum Gasteiger partial charge on any atom is -0.326 e. The molecule has 0 N–H and O–H groups in total. The van der Waals surface area contributed by atoms with Crippen molar-refractivity contribution in [2.45, 2.75) is 45.6 Å². The van der Waals surface area contributed by atoms with Gasteiger partial charge in [-0.3, -0.25) is 9.78 Å². The molecule has 0 amide bonds. The summed E-state index contributed by atoms with van der Waals surface area (Å²) in [5, 5.41) is 5.74. The highest BCUT2D eigenvalue weighted by Gasteiger charge is 2.26. The van der Waals surface area contributed by atoms with Gasteiger partial charge < -0.3 is 9.47 Å². The molecule has 0 aliphatic carbocycles. The van der Waals surface area contributed by atoms with Crippen LogP contribution in [-0.4, -0.2) is 64.4 Å². The molecular formula is C34H33FN8OS. The highest BCUT2D eigenvalue weighted by Crippen LogP contribution is 2.35. The number of Topliss-reactive ketones (excluding diaryl/α,β-unsaturated/α-hetero) is 1. The number of halogens is 1. The standard InChI is InChI=1S/C34H33FN8OS/c1-3-15-41-16-12-27(13-17-41)42-21-37-31(23-6-8-25(35)9-7-23)32(42)28-10-11-30-39-26(20-43(30)40-28)18-29(44)33-22(2)38-34(45-33)24-5-4-14-36-19-24/h4-11,14,19-21,27H,3,12-13,15-18H2,1-2H3. The molecule has 1 saturated heterocycles. The second-order valence-corrected chi connectivity index (χ2v) is 12.5. The molecule has 0 spiro atoms. The van der Waals surface area contributed by atoms with Crippen molar-refractivity contribution in [1.82, 2.24) is 39.0 Å². The van der Waals surface area contributed by atoms with E-state index in [2.05, 4.69) is 26.4 Å². The molecule has 228 valence electrons. The predicted octanol–water partition coefficient (Wildman–Crippen LogP) is 6.70. The van der Waals surface area contributed by atoms with Gasteiger partial charge in [0.2, 0.25) is 0 Å². The molecule has 0 unspecified atom stereocenters. The molecule has 6 aromatic rings. The SMILES string of the molecule is CCCN1CCC(n2cnc(-c3ccc(F)cc3)c2-c2ccc3nc(CC(=O)c4sc(-c5cccnc5)nc4C)cn3n2)CC1. The Morgan fingerprint density at radius 3 is 2.62 bits per heavy atom. The van der Waals surface area contributed by atoms with Crippen LogP contribution in [0.4, 0.5) is 4.39 Å². The van der Waals surface area contributed by atoms with E-state index in [-0.39, 0.29) is 24.1 Å². The Bertz CT molecular complexity index is 1960. The van der Waals surface area contributed by atoms with Crippen LogP contribution in [0.5, 0.6) is 0 Å². The van der Waals surface area contributed by atoms with Crippen LogP contribution in [-0.2, 0) is 6.42 Å². The van der Waals surface area contributed by atoms with E-state index >= 15 is 0 Å². The molecule has 1 aromatic carbocycles. The first-order chi connectivity index (χ1) is 22.0. The Kier molecular flexibility index (Phi) is 8.03. The number of hydrogen-bond donors (Lipinski definition) is 0. The number of likely N-dealkylation sites (tertiary alicyclic amines) is 1. The summed E-state index contributed by atoms with van der Waals surface area (Å²) in [7, 11) is 0. The van der Waals surface area contributed by atoms with Crippen molar-refractivity contribution in [3.05, 3.63) is 95.5 Å². The number of carbonyl (C=O) groups excluding carboxylic acids is 1. The Morgan fingerprint density at radius 2 is 1.87 bits per heavy atom. The maximum atomic E-state index is 13.8. The van der Waals surface area contributed by atoms with Gasteiger partial charge in [-0.2, -0.15) is 5.10 Å². The maximum absolute atomic E-state index is 13.8. The number of imidazole rings is 2. The highest BCUT2D eigenvalue weighted by molar-refractivity contribution is 7.17. The molecule has 0 radical (unpaired) electrons. The molecule has 45 heavy (non-hydrogen) atoms. The topological polar surface area (TPSA) is 94.1 Å². The summed E-state index contributed by atoms with van der Waals surface area (Å²) in [6.45, 7) is 7.26. The molecule has 0 atom stereocenters. The van der Waals surface area contributed by atoms with Crippen LogP contribution in [0.1, 0.15) is 53.3 Å². The van der Waals surface area contributed by atoms with Crippen LogP contribution < -0.4 is 0 Å². The predicted molar refractivity (Wildman–Crippen MR) is 173 cm³/mol. The van der Waals surface area contributed by atoms with Gasteiger partial charge in [0.05, 0.1) is 46.6 Å². The van der Waals surface area contributed by atoms with Gasteiger partial charge in [0.25, 0.3) is 0 Å². The minimum atomic E-state index is -0.287. The zero-order valence-corrected chi connectivity index (χ0v) is 26.0. The van der Waals surface area contributed by atoms with E-state index in [0.29, 0.717) is 21.9 Å². The second-order valence-electron chi connectivity index (χ2n) is 11.5. The van der Waals surface area contributed by atoms with E-state index in [1.807, 2.05) is 43.7 Å². The van der Waals surface area contributed by atoms with Crippen molar-refractivity contribution < 1.29 is 9.18 Å². The summed E-state index contributed by atoms with van der Waals surface area (Å²) in [6, 6.07) is 14.4. The summed E-state index contributed by atoms with van der Waals surface area (Å²) >= 11 is 1.38. The molecule has 7 rings (SSSR count). The third-order valence-electron chi connectivity index (χ3n) is 8.31. The fourth-order valence-corrected chi connectivity index (χ4v) is 7.10. The van der Waals surface area contributed by atoms with Gasteiger partial charge in [0, 0.05) is 42.7 Å². The number of ketones is 1. The average molecular weight is 621 g/mol. The minimum absolute atomic E-state index is 0.0325. The molecule has 1 fully saturated rings. The Labute approximate surface area is 264 Å². The number of hydrogen-bond acceptors (Lipinski definition) is 8. The van der Waals surface area contributed by atoms with Crippen LogP contribution in [0.25, 0.3) is 38.9 Å². The number of thiazole rings is 1. The lowest BCUT2D eigenvalue weighted by Crippen LogP contribution is -2.35. The van der Waals surface area contributed by atoms with Gasteiger partial charge in [-0.05, 0) is 81.3 Å². The summed E-state index contributed by atoms with van der Waals surface area (Å²) in [5.74, 6) is -0.320. The Morgan fingerprint density at radius 1 is 1.04 bits per heavy atom. The Hall–Kier alpha value is -4.61. The van der Waals surface area contributed by atoms with E-state index < -0.39 is 0 Å². The third kappa shape index (κ3) is 5.93. The normalized spacial score (nSPS) is 14.4. The van der Waals surface area contributed by atoms with Crippen LogP contribution in [0.2, 0.25) is 0 Å². The second kappa shape index (κ2) is 12.4. The molecule has 6 heterocycles. The quantitative estimate of drug-likeness (QED) is 0.166. The highest BCUT2D eigenvalue weighted by atomic mass is 32.1. The van der Waals surface area contributed by atoms with Gasteiger partial charge in [0.1, 0.15) is 16.5 Å². The fraction of sp³-hybridized carbons (Fsp3) is 0.294. The lowest BCUT2D eigenvalue weighted by Gasteiger charge is -2.33. The molecule has 1 aliphatic heterocycles. The van der Waals surface area contributed by atoms with E-state index in [1.54, 1.807) is 29.0 Å². The smallest absolute Gasteiger partial charge is 0.180 e. The van der Waals surface area contributed by atoms with Crippen molar-refractivity contribution >= 4 is 22.8 Å². The van der Waals surface area contributed by atoms with Crippen LogP contribution in [0, 0.1) is 12.7 Å². The van der Waals surface area contributed by atoms with E-state index in [4.69, 9.17) is 15.1 Å². The zero-order valence-electron chi connectivity index (χ0n) is 25.2. The number of aromatic nitrogens is 7. The number of nitrogens with zero attached hydrogens (tertiary/aromatic N) is 8. The van der Waals surface area contributed by atoms with Gasteiger partial charge in [-0.25, -0.2) is 23.9 Å². The van der Waals surface area contributed by atoms with E-state index in [9.17, 15) is 9.18 Å². The molecule has 9 nitrogen and oxygen atoms in total. The first-order valence-corrected chi connectivity index (χ1v) is 16.1. The number of rotatable bonds is 9. The van der Waals surface area contributed by atoms with Crippen molar-refractivity contribution in [1.29, 1.82) is 0 Å². The number of piperidine rings is 1. The summed E-state index contributed by atoms with van der Waals surface area (Å²) in [6.07, 6.45) is 10.5. The van der Waals surface area contributed by atoms with E-state index in [1.165, 1.54) is 23.5 Å². The molecule has 1 aliphatic rings. The first-order valence-electron chi connectivity index (χ1n) is 15.3. The van der Waals surface area contributed by atoms with Gasteiger partial charge >= 0.3 is 0 Å². The lowest BCUT2D eigenvalue weighted by atomic mass is 10.0. The largest absolute Gasteiger partial charge is 0.326 e. The van der Waals surface area contributed by atoms with Crippen LogP contribution in [0.15, 0.2) is 73.4 Å². The monoisotopic (exact) mass is 620 g/mol. The molecule has 5 aromatic heterocycles. The maximum Gasteiger partial charge on any atom is 0.180 e. The third-order valence-corrected chi connectivity index (χ3v) is 9.56. The van der Waals surface area contributed by atoms with Crippen molar-refractivity contribution in [2.75, 3.05) is 19.6 Å². The molecular weight excluding hydrogens is 587 g/mol. The number of benzene rings is 1. The van der Waals surface area contributed by atoms with Crippen molar-refractivity contribution in [3.63, 3.8) is 0 Å². The van der Waals surface area contributed by atoms with Crippen molar-refractivity contribution in [2.24, 2.45) is 0 Å². The van der Waals surface area contributed by atoms with E-state index in [0.717, 1.165) is 72.1 Å². The fourth-order valence-electron chi connectivity index (χ4n) is 6.10. The number of carbonyl (C=O) groups is 1. The summed E-state index contributed by atoms with van der Waals surface area (Å²) < 4.78 is 17.8. The molecule has 0 bridgehead atoms. The number of aryl methyl sites for hydroxylation is 1. The summed E-state index contributed by atoms with van der Waals surface area (Å²) in [4.78, 5) is 34.8. The molecule has 0 saturated carbocycles. The van der Waals surface area contributed by atoms with Crippen molar-refractivity contribution in [3.8, 4) is 33.2 Å². The Balaban J connectivity index is 1.19. The van der Waals surface area contributed by atoms with Crippen LogP contribution in [0.3, 0.4) is 0 Å². The summed E-state index contributed by atoms with van der Waals surface area (Å²) in [5.41, 5.74) is 6.11. The van der Waals surface area contributed by atoms with Gasteiger partial charge in [-0.1, -0.05) is 6.92 Å². The van der Waals surface area contributed by atoms with Crippen LogP contribution >= 0.6 is 11.3 Å². The first kappa shape index (κ1) is 29.1. The number of fused-ring (bicyclic) bond motifs is 1.